The van der Waals surface area contributed by atoms with Crippen LogP contribution in [0.25, 0.3) is 0 Å². The van der Waals surface area contributed by atoms with Crippen molar-refractivity contribution in [2.24, 2.45) is 5.73 Å². The normalized spacial score (nSPS) is 14.0. The number of hydrogen-bond donors (Lipinski definition) is 1. The summed E-state index contributed by atoms with van der Waals surface area (Å²) >= 11 is 0. The Morgan fingerprint density at radius 1 is 1.05 bits per heavy atom. The van der Waals surface area contributed by atoms with E-state index in [0.717, 1.165) is 5.56 Å². The van der Waals surface area contributed by atoms with Crippen molar-refractivity contribution >= 4 is 5.97 Å². The molecule has 2 aromatic rings. The molecule has 2 aromatic carbocycles. The number of benzene rings is 2. The summed E-state index contributed by atoms with van der Waals surface area (Å²) in [4.78, 5) is 11.8. The fourth-order valence-corrected chi connectivity index (χ4v) is 1.68. The molecule has 110 valence electrons. The third-order valence-corrected chi connectivity index (χ3v) is 2.82. The lowest BCUT2D eigenvalue weighted by Gasteiger charge is -2.12. The van der Waals surface area contributed by atoms with Crippen LogP contribution < -0.4 is 5.73 Å². The smallest absolute Gasteiger partial charge is 0.325 e. The highest BCUT2D eigenvalue weighted by Gasteiger charge is 2.15. The number of hydrogen-bond acceptors (Lipinski definition) is 4. The van der Waals surface area contributed by atoms with Crippen molar-refractivity contribution in [3.63, 3.8) is 0 Å². The first-order chi connectivity index (χ1) is 10.7. The average molecular weight is 286 g/mol. The van der Waals surface area contributed by atoms with Gasteiger partial charge in [-0.25, -0.2) is 0 Å². The molecule has 0 saturated heterocycles. The van der Waals surface area contributed by atoms with E-state index in [1.165, 1.54) is 0 Å². The Morgan fingerprint density at radius 2 is 1.62 bits per heavy atom. The van der Waals surface area contributed by atoms with E-state index in [1.54, 1.807) is 12.1 Å². The molecule has 2 N–H and O–H groups in total. The molecule has 4 heteroatoms. The van der Waals surface area contributed by atoms with E-state index in [4.69, 9.17) is 16.6 Å². The molecule has 1 unspecified atom stereocenters. The van der Waals surface area contributed by atoms with Gasteiger partial charge in [-0.2, -0.15) is 0 Å². The minimum absolute atomic E-state index is 0.0588. The third kappa shape index (κ3) is 5.38. The van der Waals surface area contributed by atoms with Gasteiger partial charge in [0, 0.05) is 0 Å². The molecule has 0 spiro atoms. The zero-order chi connectivity index (χ0) is 15.8. The molecule has 0 bridgehead atoms. The van der Waals surface area contributed by atoms with Crippen LogP contribution in [0.15, 0.2) is 60.7 Å². The molecular formula is C17H19NO3. The summed E-state index contributed by atoms with van der Waals surface area (Å²) in [7, 11) is 0. The van der Waals surface area contributed by atoms with Gasteiger partial charge < -0.3 is 15.2 Å². The first-order valence-corrected chi connectivity index (χ1v) is 6.72. The Balaban J connectivity index is 1.74. The molecule has 0 fully saturated rings. The third-order valence-electron chi connectivity index (χ3n) is 2.82. The van der Waals surface area contributed by atoms with Crippen LogP contribution in [0, 0.1) is 0 Å². The maximum absolute atomic E-state index is 11.8. The number of carbonyl (C=O) groups is 1. The van der Waals surface area contributed by atoms with E-state index in [9.17, 15) is 4.79 Å². The fraction of sp³-hybridized carbons (Fsp3) is 0.235. The Morgan fingerprint density at radius 3 is 2.24 bits per heavy atom. The van der Waals surface area contributed by atoms with Gasteiger partial charge in [-0.15, -0.1) is 0 Å². The topological polar surface area (TPSA) is 61.5 Å². The van der Waals surface area contributed by atoms with Gasteiger partial charge in [0.25, 0.3) is 0 Å². The number of esters is 1. The van der Waals surface area contributed by atoms with Gasteiger partial charge >= 0.3 is 5.97 Å². The minimum Gasteiger partial charge on any atom is -0.460 e. The zero-order valence-electron chi connectivity index (χ0n) is 12.6. The van der Waals surface area contributed by atoms with Gasteiger partial charge in [-0.3, -0.25) is 4.79 Å². The molecule has 0 radical (unpaired) electrons. The molecular weight excluding hydrogens is 266 g/mol. The first-order valence-electron chi connectivity index (χ1n) is 7.29. The van der Waals surface area contributed by atoms with Gasteiger partial charge in [-0.05, 0) is 11.1 Å². The van der Waals surface area contributed by atoms with Crippen LogP contribution in [0.5, 0.6) is 0 Å². The quantitative estimate of drug-likeness (QED) is 0.793. The van der Waals surface area contributed by atoms with E-state index >= 15 is 0 Å². The van der Waals surface area contributed by atoms with Crippen LogP contribution in [0.3, 0.4) is 0 Å². The highest BCUT2D eigenvalue weighted by Crippen LogP contribution is 2.03. The van der Waals surface area contributed by atoms with E-state index in [2.05, 4.69) is 0 Å². The fourth-order valence-electron chi connectivity index (χ4n) is 1.68. The highest BCUT2D eigenvalue weighted by molar-refractivity contribution is 5.75. The second-order valence-corrected chi connectivity index (χ2v) is 4.56. The van der Waals surface area contributed by atoms with E-state index in [1.807, 2.05) is 48.5 Å². The summed E-state index contributed by atoms with van der Waals surface area (Å²) in [6, 6.07) is 17.6. The lowest BCUT2D eigenvalue weighted by molar-refractivity contribution is -0.148. The summed E-state index contributed by atoms with van der Waals surface area (Å²) in [5.74, 6) is -0.538. The summed E-state index contributed by atoms with van der Waals surface area (Å²) in [6.45, 7) is -0.748. The Hall–Kier alpha value is -2.17. The molecule has 0 saturated carbocycles. The summed E-state index contributed by atoms with van der Waals surface area (Å²) < 4.78 is 18.3. The molecule has 0 aliphatic rings. The molecule has 2 rings (SSSR count). The van der Waals surface area contributed by atoms with E-state index < -0.39 is 18.6 Å². The summed E-state index contributed by atoms with van der Waals surface area (Å²) in [5, 5.41) is 0. The molecule has 0 aromatic heterocycles. The molecule has 2 atom stereocenters. The standard InChI is InChI=1S/C17H19NO3/c18-16(13-20-11-14-7-3-1-4-8-14)17(19)21-12-15-9-5-2-6-10-15/h1-10,16H,11-13,18H2/t16-/m0/s1/i11D/t11?,16-. The molecule has 0 heterocycles. The lowest BCUT2D eigenvalue weighted by Crippen LogP contribution is -2.36. The predicted octanol–water partition coefficient (Wildman–Crippen LogP) is 2.27. The molecule has 0 aliphatic heterocycles. The molecule has 21 heavy (non-hydrogen) atoms. The molecule has 0 aliphatic carbocycles. The van der Waals surface area contributed by atoms with Crippen LogP contribution in [0.2, 0.25) is 0 Å². The van der Waals surface area contributed by atoms with Crippen molar-refractivity contribution in [2.75, 3.05) is 6.61 Å². The number of rotatable bonds is 7. The lowest BCUT2D eigenvalue weighted by atomic mass is 10.2. The van der Waals surface area contributed by atoms with Crippen molar-refractivity contribution < 1.29 is 15.6 Å². The minimum atomic E-state index is -0.903. The van der Waals surface area contributed by atoms with Crippen LogP contribution in [-0.4, -0.2) is 18.6 Å². The van der Waals surface area contributed by atoms with Crippen molar-refractivity contribution in [2.45, 2.75) is 19.2 Å². The SMILES string of the molecule is [2H]C(OC[C@H](N)C(=O)OCc1ccccc1)c1ccccc1. The van der Waals surface area contributed by atoms with Crippen LogP contribution >= 0.6 is 0 Å². The Labute approximate surface area is 125 Å². The van der Waals surface area contributed by atoms with Gasteiger partial charge in [0.1, 0.15) is 12.6 Å². The van der Waals surface area contributed by atoms with Gasteiger partial charge in [0.05, 0.1) is 14.6 Å². The summed E-state index contributed by atoms with van der Waals surface area (Å²) in [5.41, 5.74) is 7.34. The first kappa shape index (κ1) is 13.8. The van der Waals surface area contributed by atoms with E-state index in [0.29, 0.717) is 5.56 Å². The number of nitrogens with two attached hydrogens (primary N) is 1. The Kier molecular flexibility index (Phi) is 5.38. The van der Waals surface area contributed by atoms with Crippen LogP contribution in [0.4, 0.5) is 0 Å². The number of carbonyl (C=O) groups excluding carboxylic acids is 1. The molecule has 4 nitrogen and oxygen atoms in total. The average Bonchev–Trinajstić information content (AvgIpc) is 2.58. The van der Waals surface area contributed by atoms with Crippen LogP contribution in [0.1, 0.15) is 12.5 Å². The predicted molar refractivity (Wildman–Crippen MR) is 80.3 cm³/mol. The Bertz CT molecular complexity index is 577. The number of ether oxygens (including phenoxy) is 2. The largest absolute Gasteiger partial charge is 0.460 e. The van der Waals surface area contributed by atoms with E-state index in [-0.39, 0.29) is 13.2 Å². The van der Waals surface area contributed by atoms with Gasteiger partial charge in [0.2, 0.25) is 0 Å². The maximum Gasteiger partial charge on any atom is 0.325 e. The monoisotopic (exact) mass is 286 g/mol. The second-order valence-electron chi connectivity index (χ2n) is 4.56. The van der Waals surface area contributed by atoms with Crippen molar-refractivity contribution in [1.29, 1.82) is 0 Å². The van der Waals surface area contributed by atoms with Gasteiger partial charge in [0.15, 0.2) is 0 Å². The van der Waals surface area contributed by atoms with Crippen molar-refractivity contribution in [3.8, 4) is 0 Å². The van der Waals surface area contributed by atoms with Crippen LogP contribution in [-0.2, 0) is 27.5 Å². The maximum atomic E-state index is 11.8. The second kappa shape index (κ2) is 8.19. The van der Waals surface area contributed by atoms with Crippen molar-refractivity contribution in [1.82, 2.24) is 0 Å². The van der Waals surface area contributed by atoms with Crippen molar-refractivity contribution in [3.05, 3.63) is 71.8 Å². The highest BCUT2D eigenvalue weighted by atomic mass is 16.5. The molecule has 0 amide bonds. The summed E-state index contributed by atoms with van der Waals surface area (Å²) in [6.07, 6.45) is 0. The van der Waals surface area contributed by atoms with Gasteiger partial charge in [-0.1, -0.05) is 60.7 Å². The zero-order valence-corrected chi connectivity index (χ0v) is 11.6.